The van der Waals surface area contributed by atoms with E-state index in [1.807, 2.05) is 0 Å². The van der Waals surface area contributed by atoms with Crippen molar-refractivity contribution in [1.29, 1.82) is 0 Å². The van der Waals surface area contributed by atoms with Gasteiger partial charge < -0.3 is 14.8 Å². The Morgan fingerprint density at radius 1 is 1.33 bits per heavy atom. The van der Waals surface area contributed by atoms with E-state index in [0.717, 1.165) is 38.9 Å². The van der Waals surface area contributed by atoms with Gasteiger partial charge in [-0.15, -0.1) is 0 Å². The minimum Gasteiger partial charge on any atom is -0.472 e. The number of carbonyl (C=O) groups excluding carboxylic acids is 2. The highest BCUT2D eigenvalue weighted by molar-refractivity contribution is 6.37. The number of carbonyl (C=O) groups is 2. The molecule has 7 heteroatoms. The van der Waals surface area contributed by atoms with Crippen LogP contribution >= 0.6 is 0 Å². The molecule has 0 radical (unpaired) electrons. The summed E-state index contributed by atoms with van der Waals surface area (Å²) < 4.78 is 23.7. The van der Waals surface area contributed by atoms with Gasteiger partial charge in [-0.25, -0.2) is 14.2 Å². The molecule has 0 unspecified atom stereocenters. The van der Waals surface area contributed by atoms with E-state index in [1.54, 1.807) is 0 Å². The van der Waals surface area contributed by atoms with E-state index in [0.29, 0.717) is 0 Å². The van der Waals surface area contributed by atoms with E-state index in [-0.39, 0.29) is 17.7 Å². The standard InChI is InChI=1S/C14H17FN2O4/c1-20-14(19)12(18)17-9-7-11(15)13(16-8-9)21-10-5-3-2-4-6-10/h7-8,10H,2-6H2,1H3,(H,17,18). The van der Waals surface area contributed by atoms with E-state index in [2.05, 4.69) is 15.0 Å². The van der Waals surface area contributed by atoms with Crippen molar-refractivity contribution in [2.45, 2.75) is 38.2 Å². The van der Waals surface area contributed by atoms with Gasteiger partial charge >= 0.3 is 11.9 Å². The van der Waals surface area contributed by atoms with Crippen LogP contribution in [-0.2, 0) is 14.3 Å². The number of methoxy groups -OCH3 is 1. The van der Waals surface area contributed by atoms with Crippen LogP contribution in [0.3, 0.4) is 0 Å². The van der Waals surface area contributed by atoms with Crippen molar-refractivity contribution >= 4 is 17.6 Å². The van der Waals surface area contributed by atoms with Crippen LogP contribution in [0.25, 0.3) is 0 Å². The molecule has 1 aromatic heterocycles. The Morgan fingerprint density at radius 2 is 2.05 bits per heavy atom. The average molecular weight is 296 g/mol. The molecule has 0 atom stereocenters. The quantitative estimate of drug-likeness (QED) is 0.682. The number of anilines is 1. The second kappa shape index (κ2) is 7.01. The summed E-state index contributed by atoms with van der Waals surface area (Å²) in [6, 6.07) is 1.06. The number of nitrogens with one attached hydrogen (secondary N) is 1. The molecule has 0 aromatic carbocycles. The van der Waals surface area contributed by atoms with Gasteiger partial charge in [0, 0.05) is 6.07 Å². The molecule has 2 rings (SSSR count). The number of halogens is 1. The van der Waals surface area contributed by atoms with Crippen LogP contribution in [0.5, 0.6) is 5.88 Å². The van der Waals surface area contributed by atoms with Crippen LogP contribution in [0.4, 0.5) is 10.1 Å². The van der Waals surface area contributed by atoms with Crippen LogP contribution < -0.4 is 10.1 Å². The van der Waals surface area contributed by atoms with Crippen molar-refractivity contribution in [3.8, 4) is 5.88 Å². The van der Waals surface area contributed by atoms with E-state index in [9.17, 15) is 14.0 Å². The lowest BCUT2D eigenvalue weighted by Crippen LogP contribution is -2.24. The van der Waals surface area contributed by atoms with Gasteiger partial charge in [-0.1, -0.05) is 6.42 Å². The second-order valence-corrected chi connectivity index (χ2v) is 4.83. The predicted molar refractivity (Wildman–Crippen MR) is 72.3 cm³/mol. The van der Waals surface area contributed by atoms with Crippen molar-refractivity contribution in [2.24, 2.45) is 0 Å². The molecule has 1 saturated carbocycles. The van der Waals surface area contributed by atoms with Crippen LogP contribution in [0.2, 0.25) is 0 Å². The summed E-state index contributed by atoms with van der Waals surface area (Å²) >= 11 is 0. The van der Waals surface area contributed by atoms with Gasteiger partial charge in [-0.2, -0.15) is 0 Å². The molecule has 1 amide bonds. The third-order valence-electron chi connectivity index (χ3n) is 3.27. The highest BCUT2D eigenvalue weighted by atomic mass is 19.1. The number of hydrogen-bond donors (Lipinski definition) is 1. The SMILES string of the molecule is COC(=O)C(=O)Nc1cnc(OC2CCCCC2)c(F)c1. The highest BCUT2D eigenvalue weighted by Gasteiger charge is 2.19. The molecular formula is C14H17FN2O4. The van der Waals surface area contributed by atoms with Gasteiger partial charge in [0.15, 0.2) is 5.82 Å². The summed E-state index contributed by atoms with van der Waals surface area (Å²) in [4.78, 5) is 26.1. The summed E-state index contributed by atoms with van der Waals surface area (Å²) in [5.74, 6) is -2.81. The Morgan fingerprint density at radius 3 is 2.67 bits per heavy atom. The maximum absolute atomic E-state index is 13.9. The average Bonchev–Trinajstić information content (AvgIpc) is 2.50. The summed E-state index contributed by atoms with van der Waals surface area (Å²) in [6.07, 6.45) is 6.32. The predicted octanol–water partition coefficient (Wildman–Crippen LogP) is 2.04. The van der Waals surface area contributed by atoms with E-state index in [4.69, 9.17) is 4.74 Å². The number of rotatable bonds is 3. The fourth-order valence-electron chi connectivity index (χ4n) is 2.20. The third-order valence-corrected chi connectivity index (χ3v) is 3.27. The van der Waals surface area contributed by atoms with Crippen LogP contribution in [0.1, 0.15) is 32.1 Å². The van der Waals surface area contributed by atoms with Crippen LogP contribution in [-0.4, -0.2) is 30.1 Å². The molecule has 1 aliphatic carbocycles. The molecule has 0 bridgehead atoms. The number of pyridine rings is 1. The number of aromatic nitrogens is 1. The third kappa shape index (κ3) is 4.14. The Labute approximate surface area is 121 Å². The highest BCUT2D eigenvalue weighted by Crippen LogP contribution is 2.25. The molecule has 0 aliphatic heterocycles. The van der Waals surface area contributed by atoms with Crippen molar-refractivity contribution in [2.75, 3.05) is 12.4 Å². The molecule has 1 aliphatic rings. The molecular weight excluding hydrogens is 279 g/mol. The Balaban J connectivity index is 1.99. The zero-order valence-electron chi connectivity index (χ0n) is 11.7. The lowest BCUT2D eigenvalue weighted by atomic mass is 9.98. The maximum Gasteiger partial charge on any atom is 0.396 e. The number of esters is 1. The lowest BCUT2D eigenvalue weighted by Gasteiger charge is -2.22. The first-order valence-electron chi connectivity index (χ1n) is 6.81. The van der Waals surface area contributed by atoms with Crippen LogP contribution in [0, 0.1) is 5.82 Å². The Bertz CT molecular complexity index is 530. The first-order valence-corrected chi connectivity index (χ1v) is 6.81. The first-order chi connectivity index (χ1) is 10.1. The molecule has 1 heterocycles. The maximum atomic E-state index is 13.9. The summed E-state index contributed by atoms with van der Waals surface area (Å²) in [7, 11) is 1.09. The van der Waals surface area contributed by atoms with Crippen molar-refractivity contribution in [1.82, 2.24) is 4.98 Å². The molecule has 1 N–H and O–H groups in total. The monoisotopic (exact) mass is 296 g/mol. The fourth-order valence-corrected chi connectivity index (χ4v) is 2.20. The lowest BCUT2D eigenvalue weighted by molar-refractivity contribution is -0.150. The topological polar surface area (TPSA) is 77.5 Å². The van der Waals surface area contributed by atoms with Crippen molar-refractivity contribution in [3.63, 3.8) is 0 Å². The summed E-state index contributed by atoms with van der Waals surface area (Å²) in [6.45, 7) is 0. The zero-order valence-corrected chi connectivity index (χ0v) is 11.7. The van der Waals surface area contributed by atoms with Gasteiger partial charge in [0.1, 0.15) is 6.10 Å². The first kappa shape index (κ1) is 15.2. The van der Waals surface area contributed by atoms with E-state index in [1.165, 1.54) is 12.6 Å². The molecule has 0 spiro atoms. The van der Waals surface area contributed by atoms with Crippen molar-refractivity contribution in [3.05, 3.63) is 18.1 Å². The van der Waals surface area contributed by atoms with Gasteiger partial charge in [-0.3, -0.25) is 4.79 Å². The largest absolute Gasteiger partial charge is 0.472 e. The minimum absolute atomic E-state index is 0.0174. The molecule has 21 heavy (non-hydrogen) atoms. The van der Waals surface area contributed by atoms with Crippen LogP contribution in [0.15, 0.2) is 12.3 Å². The van der Waals surface area contributed by atoms with Gasteiger partial charge in [0.2, 0.25) is 0 Å². The number of nitrogens with zero attached hydrogens (tertiary/aromatic N) is 1. The minimum atomic E-state index is -1.06. The van der Waals surface area contributed by atoms with Gasteiger partial charge in [-0.05, 0) is 25.7 Å². The fraction of sp³-hybridized carbons (Fsp3) is 0.500. The Kier molecular flexibility index (Phi) is 5.08. The normalized spacial score (nSPS) is 15.3. The molecule has 6 nitrogen and oxygen atoms in total. The Hall–Kier alpha value is -2.18. The molecule has 1 aromatic rings. The van der Waals surface area contributed by atoms with Gasteiger partial charge in [0.05, 0.1) is 19.0 Å². The number of hydrogen-bond acceptors (Lipinski definition) is 5. The molecule has 114 valence electrons. The number of ether oxygens (including phenoxy) is 2. The van der Waals surface area contributed by atoms with E-state index >= 15 is 0 Å². The summed E-state index contributed by atoms with van der Waals surface area (Å²) in [5.41, 5.74) is 0.0684. The second-order valence-electron chi connectivity index (χ2n) is 4.83. The number of amides is 1. The smallest absolute Gasteiger partial charge is 0.396 e. The van der Waals surface area contributed by atoms with Gasteiger partial charge in [0.25, 0.3) is 5.88 Å². The summed E-state index contributed by atoms with van der Waals surface area (Å²) in [5, 5.41) is 2.19. The molecule has 0 saturated heterocycles. The van der Waals surface area contributed by atoms with E-state index < -0.39 is 17.7 Å². The zero-order chi connectivity index (χ0) is 15.2. The van der Waals surface area contributed by atoms with Crippen molar-refractivity contribution < 1.29 is 23.5 Å². The molecule has 1 fully saturated rings.